The van der Waals surface area contributed by atoms with Gasteiger partial charge in [-0.2, -0.15) is 13.2 Å². The molecule has 156 valence electrons. The lowest BCUT2D eigenvalue weighted by Gasteiger charge is -2.14. The normalized spacial score (nSPS) is 12.3. The Morgan fingerprint density at radius 3 is 2.50 bits per heavy atom. The third-order valence-corrected chi connectivity index (χ3v) is 4.35. The standard InChI is InChI=1S/C21H18F3N3O3/c1-2-3-12-4-6-15-17(8-12)20(25-10-14(29)11-28)27-26-19(15)16-7-5-13(9-18(16)30)21(22,23)24/h4-9,14,28-30H,10-11H2,1H3,(H,25,27)/t14-/m0/s1. The number of aromatic nitrogens is 2. The molecule has 0 aliphatic rings. The molecule has 0 unspecified atom stereocenters. The summed E-state index contributed by atoms with van der Waals surface area (Å²) in [6.45, 7) is 1.24. The maximum absolute atomic E-state index is 12.9. The van der Waals surface area contributed by atoms with Gasteiger partial charge in [-0.25, -0.2) is 0 Å². The number of alkyl halides is 3. The third-order valence-electron chi connectivity index (χ3n) is 4.35. The van der Waals surface area contributed by atoms with E-state index in [9.17, 15) is 23.4 Å². The van der Waals surface area contributed by atoms with Crippen molar-refractivity contribution < 1.29 is 28.5 Å². The fraction of sp³-hybridized carbons (Fsp3) is 0.238. The number of nitrogens with zero attached hydrogens (tertiary/aromatic N) is 2. The number of halogens is 3. The van der Waals surface area contributed by atoms with E-state index in [1.807, 2.05) is 0 Å². The zero-order valence-corrected chi connectivity index (χ0v) is 15.8. The highest BCUT2D eigenvalue weighted by Crippen LogP contribution is 2.38. The Labute approximate surface area is 170 Å². The van der Waals surface area contributed by atoms with Crippen LogP contribution in [0.4, 0.5) is 19.0 Å². The molecule has 1 heterocycles. The second kappa shape index (κ2) is 8.57. The van der Waals surface area contributed by atoms with E-state index in [0.29, 0.717) is 28.2 Å². The number of nitrogens with one attached hydrogen (secondary N) is 1. The molecule has 0 aliphatic heterocycles. The number of anilines is 1. The first-order valence-electron chi connectivity index (χ1n) is 8.91. The maximum Gasteiger partial charge on any atom is 0.416 e. The van der Waals surface area contributed by atoms with Gasteiger partial charge in [-0.1, -0.05) is 12.0 Å². The molecule has 0 fully saturated rings. The van der Waals surface area contributed by atoms with E-state index in [-0.39, 0.29) is 17.8 Å². The first kappa shape index (κ1) is 21.4. The van der Waals surface area contributed by atoms with Crippen LogP contribution >= 0.6 is 0 Å². The fourth-order valence-corrected chi connectivity index (χ4v) is 2.89. The highest BCUT2D eigenvalue weighted by molar-refractivity contribution is 6.01. The van der Waals surface area contributed by atoms with Crippen molar-refractivity contribution in [3.8, 4) is 28.8 Å². The van der Waals surface area contributed by atoms with Crippen molar-refractivity contribution in [1.82, 2.24) is 10.2 Å². The van der Waals surface area contributed by atoms with E-state index in [4.69, 9.17) is 5.11 Å². The SMILES string of the molecule is CC#Cc1ccc2c(-c3ccc(C(F)(F)F)cc3O)nnc(NC[C@H](O)CO)c2c1. The van der Waals surface area contributed by atoms with Crippen LogP contribution in [-0.2, 0) is 6.18 Å². The zero-order chi connectivity index (χ0) is 21.9. The van der Waals surface area contributed by atoms with Gasteiger partial charge in [-0.15, -0.1) is 16.1 Å². The second-order valence-corrected chi connectivity index (χ2v) is 6.48. The molecular formula is C21H18F3N3O3. The van der Waals surface area contributed by atoms with Crippen molar-refractivity contribution >= 4 is 16.6 Å². The van der Waals surface area contributed by atoms with Crippen molar-refractivity contribution in [2.45, 2.75) is 19.2 Å². The Morgan fingerprint density at radius 1 is 1.10 bits per heavy atom. The summed E-state index contributed by atoms with van der Waals surface area (Å²) in [4.78, 5) is 0. The van der Waals surface area contributed by atoms with Crippen LogP contribution in [0.25, 0.3) is 22.0 Å². The topological polar surface area (TPSA) is 98.5 Å². The maximum atomic E-state index is 12.9. The number of aliphatic hydroxyl groups is 2. The number of hydrogen-bond acceptors (Lipinski definition) is 6. The van der Waals surface area contributed by atoms with Crippen molar-refractivity contribution in [3.05, 3.63) is 47.5 Å². The molecule has 9 heteroatoms. The Kier molecular flexibility index (Phi) is 6.10. The highest BCUT2D eigenvalue weighted by atomic mass is 19.4. The van der Waals surface area contributed by atoms with E-state index in [1.54, 1.807) is 25.1 Å². The molecule has 0 saturated carbocycles. The van der Waals surface area contributed by atoms with Crippen LogP contribution in [0.1, 0.15) is 18.1 Å². The Morgan fingerprint density at radius 2 is 1.87 bits per heavy atom. The molecule has 0 aliphatic carbocycles. The lowest BCUT2D eigenvalue weighted by molar-refractivity contribution is -0.137. The number of fused-ring (bicyclic) bond motifs is 1. The minimum Gasteiger partial charge on any atom is -0.507 e. The molecule has 4 N–H and O–H groups in total. The summed E-state index contributed by atoms with van der Waals surface area (Å²) in [6, 6.07) is 7.77. The summed E-state index contributed by atoms with van der Waals surface area (Å²) >= 11 is 0. The Balaban J connectivity index is 2.15. The molecule has 6 nitrogen and oxygen atoms in total. The van der Waals surface area contributed by atoms with Gasteiger partial charge in [0.2, 0.25) is 0 Å². The summed E-state index contributed by atoms with van der Waals surface area (Å²) in [5.41, 5.74) is -0.0126. The van der Waals surface area contributed by atoms with Gasteiger partial charge in [0.25, 0.3) is 0 Å². The molecule has 1 aromatic heterocycles. The molecule has 30 heavy (non-hydrogen) atoms. The Bertz CT molecular complexity index is 1140. The summed E-state index contributed by atoms with van der Waals surface area (Å²) in [6.07, 6.45) is -5.60. The summed E-state index contributed by atoms with van der Waals surface area (Å²) < 4.78 is 38.7. The quantitative estimate of drug-likeness (QED) is 0.476. The Hall–Kier alpha value is -3.35. The predicted octanol–water partition coefficient (Wildman–Crippen LogP) is 3.16. The van der Waals surface area contributed by atoms with Crippen LogP contribution in [0, 0.1) is 11.8 Å². The first-order valence-corrected chi connectivity index (χ1v) is 8.91. The molecule has 0 bridgehead atoms. The highest BCUT2D eigenvalue weighted by Gasteiger charge is 2.31. The number of aliphatic hydroxyl groups excluding tert-OH is 2. The number of rotatable bonds is 5. The van der Waals surface area contributed by atoms with Crippen LogP contribution in [0.15, 0.2) is 36.4 Å². The molecule has 0 amide bonds. The predicted molar refractivity (Wildman–Crippen MR) is 106 cm³/mol. The number of hydrogen-bond donors (Lipinski definition) is 4. The monoisotopic (exact) mass is 417 g/mol. The molecule has 2 aromatic carbocycles. The molecule has 0 saturated heterocycles. The van der Waals surface area contributed by atoms with Crippen LogP contribution in [0.5, 0.6) is 5.75 Å². The minimum absolute atomic E-state index is 0.00877. The molecule has 1 atom stereocenters. The zero-order valence-electron chi connectivity index (χ0n) is 15.8. The van der Waals surface area contributed by atoms with Crippen molar-refractivity contribution in [2.75, 3.05) is 18.5 Å². The second-order valence-electron chi connectivity index (χ2n) is 6.48. The lowest BCUT2D eigenvalue weighted by Crippen LogP contribution is -2.23. The number of phenolic OH excluding ortho intramolecular Hbond substituents is 1. The summed E-state index contributed by atoms with van der Waals surface area (Å²) in [5, 5.41) is 40.9. The first-order chi connectivity index (χ1) is 14.2. The lowest BCUT2D eigenvalue weighted by atomic mass is 10.0. The van der Waals surface area contributed by atoms with Gasteiger partial charge in [0.05, 0.1) is 18.3 Å². The average molecular weight is 417 g/mol. The molecule has 0 spiro atoms. The van der Waals surface area contributed by atoms with E-state index in [2.05, 4.69) is 27.4 Å². The number of aromatic hydroxyl groups is 1. The van der Waals surface area contributed by atoms with Crippen molar-refractivity contribution in [3.63, 3.8) is 0 Å². The van der Waals surface area contributed by atoms with Crippen molar-refractivity contribution in [2.24, 2.45) is 0 Å². The third kappa shape index (κ3) is 4.45. The number of phenols is 1. The van der Waals surface area contributed by atoms with Gasteiger partial charge in [-0.05, 0) is 37.3 Å². The van der Waals surface area contributed by atoms with Gasteiger partial charge in [-0.3, -0.25) is 0 Å². The smallest absolute Gasteiger partial charge is 0.416 e. The van der Waals surface area contributed by atoms with E-state index >= 15 is 0 Å². The largest absolute Gasteiger partial charge is 0.507 e. The van der Waals surface area contributed by atoms with Crippen molar-refractivity contribution in [1.29, 1.82) is 0 Å². The van der Waals surface area contributed by atoms with Crippen LogP contribution in [0.2, 0.25) is 0 Å². The van der Waals surface area contributed by atoms with Crippen LogP contribution in [-0.4, -0.2) is 44.8 Å². The van der Waals surface area contributed by atoms with E-state index in [1.165, 1.54) is 0 Å². The van der Waals surface area contributed by atoms with Gasteiger partial charge in [0, 0.05) is 28.4 Å². The van der Waals surface area contributed by atoms with Gasteiger partial charge >= 0.3 is 6.18 Å². The van der Waals surface area contributed by atoms with Crippen LogP contribution in [0.3, 0.4) is 0 Å². The van der Waals surface area contributed by atoms with E-state index in [0.717, 1.165) is 12.1 Å². The average Bonchev–Trinajstić information content (AvgIpc) is 2.71. The van der Waals surface area contributed by atoms with Gasteiger partial charge in [0.1, 0.15) is 11.4 Å². The van der Waals surface area contributed by atoms with E-state index < -0.39 is 30.2 Å². The molecule has 0 radical (unpaired) electrons. The molecular weight excluding hydrogens is 399 g/mol. The summed E-state index contributed by atoms with van der Waals surface area (Å²) in [5.74, 6) is 5.41. The molecule has 3 aromatic rings. The van der Waals surface area contributed by atoms with Gasteiger partial charge in [0.15, 0.2) is 5.82 Å². The molecule has 3 rings (SSSR count). The van der Waals surface area contributed by atoms with Crippen LogP contribution < -0.4 is 5.32 Å². The fourth-order valence-electron chi connectivity index (χ4n) is 2.89. The van der Waals surface area contributed by atoms with Gasteiger partial charge < -0.3 is 20.6 Å². The summed E-state index contributed by atoms with van der Waals surface area (Å²) in [7, 11) is 0. The minimum atomic E-state index is -4.58. The number of benzene rings is 2.